The number of aromatic nitrogens is 4. The minimum atomic E-state index is 0.581. The second kappa shape index (κ2) is 13.2. The first-order chi connectivity index (χ1) is 27.8. The molecule has 0 fully saturated rings. The molecule has 56 heavy (non-hydrogen) atoms. The summed E-state index contributed by atoms with van der Waals surface area (Å²) in [4.78, 5) is 15.5. The first kappa shape index (κ1) is 32.1. The second-order valence-corrected chi connectivity index (χ2v) is 14.2. The smallest absolute Gasteiger partial charge is 0.238 e. The molecule has 0 spiro atoms. The van der Waals surface area contributed by atoms with Crippen LogP contribution in [0.4, 0.5) is 0 Å². The summed E-state index contributed by atoms with van der Waals surface area (Å²) >= 11 is 0. The summed E-state index contributed by atoms with van der Waals surface area (Å²) in [6.45, 7) is 0. The molecule has 0 saturated carbocycles. The standard InChI is InChI=1S/C51H34N4O/c1-4-15-33(16-5-1)34-29-31-35(32-30-34)38-22-12-26-43-46-40(23-14-28-45(46)56-48(38)43)42-25-13-24-41-39-21-10-11-27-44(39)55(47(41)42)51-53-49(36-17-6-2-7-18-36)52-50(54-51)37-19-8-3-9-20-37/h1-2,4-8,10-32H,3,9H2. The van der Waals surface area contributed by atoms with Crippen molar-refractivity contribution in [2.45, 2.75) is 12.8 Å². The maximum atomic E-state index is 6.80. The van der Waals surface area contributed by atoms with E-state index in [1.807, 2.05) is 24.3 Å². The summed E-state index contributed by atoms with van der Waals surface area (Å²) in [5.74, 6) is 1.89. The maximum Gasteiger partial charge on any atom is 0.238 e. The number of rotatable bonds is 6. The van der Waals surface area contributed by atoms with Gasteiger partial charge in [0, 0.05) is 43.8 Å². The van der Waals surface area contributed by atoms with Crippen molar-refractivity contribution in [3.63, 3.8) is 0 Å². The first-order valence-electron chi connectivity index (χ1n) is 19.1. The minimum Gasteiger partial charge on any atom is -0.455 e. The van der Waals surface area contributed by atoms with Crippen LogP contribution in [0.5, 0.6) is 0 Å². The van der Waals surface area contributed by atoms with Crippen molar-refractivity contribution in [3.05, 3.63) is 188 Å². The van der Waals surface area contributed by atoms with Gasteiger partial charge in [0.05, 0.1) is 11.0 Å². The normalized spacial score (nSPS) is 12.9. The third-order valence-corrected chi connectivity index (χ3v) is 10.9. The summed E-state index contributed by atoms with van der Waals surface area (Å²) < 4.78 is 9.02. The van der Waals surface area contributed by atoms with Crippen LogP contribution in [0, 0.1) is 0 Å². The molecule has 7 aromatic carbocycles. The molecule has 0 amide bonds. The zero-order chi connectivity index (χ0) is 37.0. The van der Waals surface area contributed by atoms with Crippen LogP contribution in [-0.4, -0.2) is 19.5 Å². The highest BCUT2D eigenvalue weighted by molar-refractivity contribution is 6.20. The lowest BCUT2D eigenvalue weighted by Gasteiger charge is -2.14. The SMILES string of the molecule is C1=CC(c2nc(-c3ccccc3)nc(-n3c4ccccc4c4cccc(-c5cccc6oc7c(-c8ccc(-c9ccccc9)cc8)cccc7c56)c43)n2)=CCC1. The van der Waals surface area contributed by atoms with Gasteiger partial charge in [0.2, 0.25) is 5.95 Å². The van der Waals surface area contributed by atoms with Crippen molar-refractivity contribution in [1.82, 2.24) is 19.5 Å². The fourth-order valence-electron chi connectivity index (χ4n) is 8.31. The number of hydrogen-bond donors (Lipinski definition) is 0. The van der Waals surface area contributed by atoms with Crippen LogP contribution in [0.1, 0.15) is 18.7 Å². The Morgan fingerprint density at radius 3 is 1.91 bits per heavy atom. The molecule has 3 heterocycles. The highest BCUT2D eigenvalue weighted by Gasteiger charge is 2.23. The quantitative estimate of drug-likeness (QED) is 0.172. The topological polar surface area (TPSA) is 56.7 Å². The van der Waals surface area contributed by atoms with Crippen LogP contribution >= 0.6 is 0 Å². The monoisotopic (exact) mass is 718 g/mol. The van der Waals surface area contributed by atoms with Crippen LogP contribution in [0.15, 0.2) is 186 Å². The molecule has 0 N–H and O–H groups in total. The second-order valence-electron chi connectivity index (χ2n) is 14.2. The number of hydrogen-bond acceptors (Lipinski definition) is 4. The number of nitrogens with zero attached hydrogens (tertiary/aromatic N) is 4. The van der Waals surface area contributed by atoms with Crippen LogP contribution < -0.4 is 0 Å². The molecule has 1 aliphatic carbocycles. The molecule has 264 valence electrons. The number of fused-ring (bicyclic) bond motifs is 6. The van der Waals surface area contributed by atoms with Gasteiger partial charge in [0.1, 0.15) is 11.2 Å². The third-order valence-electron chi connectivity index (χ3n) is 10.9. The highest BCUT2D eigenvalue weighted by Crippen LogP contribution is 2.44. The molecule has 10 aromatic rings. The van der Waals surface area contributed by atoms with E-state index >= 15 is 0 Å². The summed E-state index contributed by atoms with van der Waals surface area (Å²) in [5, 5.41) is 4.41. The van der Waals surface area contributed by atoms with Gasteiger partial charge in [0.25, 0.3) is 0 Å². The van der Waals surface area contributed by atoms with Gasteiger partial charge in [-0.15, -0.1) is 0 Å². The van der Waals surface area contributed by atoms with Crippen LogP contribution in [0.25, 0.3) is 100 Å². The lowest BCUT2D eigenvalue weighted by atomic mass is 9.95. The predicted molar refractivity (Wildman–Crippen MR) is 230 cm³/mol. The van der Waals surface area contributed by atoms with Gasteiger partial charge in [-0.1, -0.05) is 170 Å². The fourth-order valence-corrected chi connectivity index (χ4v) is 8.31. The van der Waals surface area contributed by atoms with Crippen LogP contribution in [-0.2, 0) is 0 Å². The van der Waals surface area contributed by atoms with Crippen molar-refractivity contribution in [2.75, 3.05) is 0 Å². The molecule has 3 aromatic heterocycles. The Hall–Kier alpha value is -7.37. The van der Waals surface area contributed by atoms with Gasteiger partial charge in [-0.05, 0) is 47.2 Å². The number of furan rings is 1. The predicted octanol–water partition coefficient (Wildman–Crippen LogP) is 13.3. The Morgan fingerprint density at radius 2 is 1.11 bits per heavy atom. The molecule has 1 aliphatic rings. The molecule has 5 nitrogen and oxygen atoms in total. The molecular formula is C51H34N4O. The van der Waals surface area contributed by atoms with E-state index in [0.717, 1.165) is 90.0 Å². The van der Waals surface area contributed by atoms with Crippen LogP contribution in [0.2, 0.25) is 0 Å². The van der Waals surface area contributed by atoms with Gasteiger partial charge in [-0.2, -0.15) is 9.97 Å². The Bertz CT molecular complexity index is 3170. The van der Waals surface area contributed by atoms with E-state index in [9.17, 15) is 0 Å². The number of allylic oxidation sites excluding steroid dienone is 4. The van der Waals surface area contributed by atoms with E-state index in [4.69, 9.17) is 19.4 Å². The van der Waals surface area contributed by atoms with Gasteiger partial charge in [-0.3, -0.25) is 4.57 Å². The molecule has 0 radical (unpaired) electrons. The first-order valence-corrected chi connectivity index (χ1v) is 19.1. The average Bonchev–Trinajstić information content (AvgIpc) is 3.84. The van der Waals surface area contributed by atoms with E-state index in [0.29, 0.717) is 17.6 Å². The van der Waals surface area contributed by atoms with Crippen molar-refractivity contribution in [3.8, 4) is 50.7 Å². The highest BCUT2D eigenvalue weighted by atomic mass is 16.3. The summed E-state index contributed by atoms with van der Waals surface area (Å²) in [6.07, 6.45) is 8.52. The summed E-state index contributed by atoms with van der Waals surface area (Å²) in [6, 6.07) is 57.4. The Morgan fingerprint density at radius 1 is 0.464 bits per heavy atom. The van der Waals surface area contributed by atoms with Gasteiger partial charge < -0.3 is 4.42 Å². The Balaban J connectivity index is 1.15. The lowest BCUT2D eigenvalue weighted by Crippen LogP contribution is -2.08. The fraction of sp³-hybridized carbons (Fsp3) is 0.0392. The van der Waals surface area contributed by atoms with Gasteiger partial charge in [-0.25, -0.2) is 4.98 Å². The molecule has 0 aliphatic heterocycles. The minimum absolute atomic E-state index is 0.581. The molecule has 11 rings (SSSR count). The van der Waals surface area contributed by atoms with Crippen LogP contribution in [0.3, 0.4) is 0 Å². The molecule has 0 saturated heterocycles. The third kappa shape index (κ3) is 5.28. The molecular weight excluding hydrogens is 685 g/mol. The summed E-state index contributed by atoms with van der Waals surface area (Å²) in [5.41, 5.74) is 12.5. The zero-order valence-corrected chi connectivity index (χ0v) is 30.4. The average molecular weight is 719 g/mol. The summed E-state index contributed by atoms with van der Waals surface area (Å²) in [7, 11) is 0. The maximum absolute atomic E-state index is 6.80. The Kier molecular flexibility index (Phi) is 7.56. The number of para-hydroxylation sites is 3. The van der Waals surface area contributed by atoms with Crippen molar-refractivity contribution in [2.24, 2.45) is 0 Å². The molecule has 5 heteroatoms. The Labute approximate surface area is 323 Å². The van der Waals surface area contributed by atoms with E-state index in [1.165, 1.54) is 11.1 Å². The van der Waals surface area contributed by atoms with E-state index < -0.39 is 0 Å². The number of benzene rings is 7. The van der Waals surface area contributed by atoms with Crippen molar-refractivity contribution < 1.29 is 4.42 Å². The zero-order valence-electron chi connectivity index (χ0n) is 30.4. The van der Waals surface area contributed by atoms with E-state index in [-0.39, 0.29) is 0 Å². The molecule has 0 bridgehead atoms. The van der Waals surface area contributed by atoms with Crippen molar-refractivity contribution >= 4 is 49.3 Å². The molecule has 0 atom stereocenters. The largest absolute Gasteiger partial charge is 0.455 e. The van der Waals surface area contributed by atoms with Gasteiger partial charge >= 0.3 is 0 Å². The van der Waals surface area contributed by atoms with E-state index in [2.05, 4.69) is 162 Å². The van der Waals surface area contributed by atoms with Crippen molar-refractivity contribution in [1.29, 1.82) is 0 Å². The molecule has 0 unspecified atom stereocenters. The van der Waals surface area contributed by atoms with Gasteiger partial charge in [0.15, 0.2) is 11.6 Å². The lowest BCUT2D eigenvalue weighted by molar-refractivity contribution is 0.670. The van der Waals surface area contributed by atoms with E-state index in [1.54, 1.807) is 0 Å².